The Balaban J connectivity index is 2.27. The van der Waals surface area contributed by atoms with E-state index in [0.717, 1.165) is 22.9 Å². The first-order valence-corrected chi connectivity index (χ1v) is 5.99. The maximum absolute atomic E-state index is 11.4. The number of carbonyl (C=O) groups excluding carboxylic acids is 1. The smallest absolute Gasteiger partial charge is 0.310 e. The van der Waals surface area contributed by atoms with Gasteiger partial charge in [-0.15, -0.1) is 0 Å². The molecule has 2 rings (SSSR count). The van der Waals surface area contributed by atoms with Crippen LogP contribution in [0.15, 0.2) is 24.4 Å². The number of benzene rings is 1. The number of aryl methyl sites for hydroxylation is 1. The minimum Gasteiger partial charge on any atom is -0.466 e. The minimum absolute atomic E-state index is 0.173. The molecule has 1 heterocycles. The predicted octanol–water partition coefficient (Wildman–Crippen LogP) is 2.84. The largest absolute Gasteiger partial charge is 0.466 e. The van der Waals surface area contributed by atoms with Crippen molar-refractivity contribution in [1.82, 2.24) is 4.98 Å². The highest BCUT2D eigenvalue weighted by Crippen LogP contribution is 2.20. The zero-order chi connectivity index (χ0) is 12.3. The van der Waals surface area contributed by atoms with Gasteiger partial charge in [0, 0.05) is 17.1 Å². The van der Waals surface area contributed by atoms with E-state index in [2.05, 4.69) is 30.1 Å². The lowest BCUT2D eigenvalue weighted by Gasteiger charge is -2.01. The molecule has 0 saturated carbocycles. The molecule has 0 aliphatic heterocycles. The molecule has 0 fully saturated rings. The second-order valence-corrected chi connectivity index (χ2v) is 4.03. The zero-order valence-electron chi connectivity index (χ0n) is 10.2. The summed E-state index contributed by atoms with van der Waals surface area (Å²) in [6.45, 7) is 4.38. The Bertz CT molecular complexity index is 528. The van der Waals surface area contributed by atoms with Crippen molar-refractivity contribution in [3.05, 3.63) is 35.5 Å². The molecule has 2 aromatic rings. The fourth-order valence-electron chi connectivity index (χ4n) is 1.97. The van der Waals surface area contributed by atoms with Crippen molar-refractivity contribution in [3.63, 3.8) is 0 Å². The molecular weight excluding hydrogens is 214 g/mol. The normalized spacial score (nSPS) is 10.7. The molecule has 17 heavy (non-hydrogen) atoms. The van der Waals surface area contributed by atoms with Crippen molar-refractivity contribution in [2.45, 2.75) is 26.7 Å². The maximum Gasteiger partial charge on any atom is 0.310 e. The summed E-state index contributed by atoms with van der Waals surface area (Å²) in [4.78, 5) is 14.6. The number of fused-ring (bicyclic) bond motifs is 1. The molecule has 0 spiro atoms. The number of hydrogen-bond acceptors (Lipinski definition) is 2. The van der Waals surface area contributed by atoms with Crippen molar-refractivity contribution in [2.75, 3.05) is 6.61 Å². The van der Waals surface area contributed by atoms with Crippen LogP contribution in [0.1, 0.15) is 25.0 Å². The zero-order valence-corrected chi connectivity index (χ0v) is 10.2. The molecule has 1 aromatic heterocycles. The number of esters is 1. The van der Waals surface area contributed by atoms with Crippen molar-refractivity contribution < 1.29 is 9.53 Å². The van der Waals surface area contributed by atoms with E-state index >= 15 is 0 Å². The van der Waals surface area contributed by atoms with Gasteiger partial charge in [0.2, 0.25) is 0 Å². The van der Waals surface area contributed by atoms with E-state index < -0.39 is 0 Å². The van der Waals surface area contributed by atoms with Gasteiger partial charge in [-0.1, -0.05) is 19.1 Å². The number of rotatable bonds is 4. The van der Waals surface area contributed by atoms with Gasteiger partial charge < -0.3 is 9.72 Å². The molecule has 0 radical (unpaired) electrons. The average Bonchev–Trinajstić information content (AvgIpc) is 2.72. The Morgan fingerprint density at radius 2 is 2.18 bits per heavy atom. The molecule has 0 saturated heterocycles. The molecule has 0 amide bonds. The van der Waals surface area contributed by atoms with Gasteiger partial charge >= 0.3 is 5.97 Å². The van der Waals surface area contributed by atoms with E-state index in [9.17, 15) is 4.79 Å². The molecular formula is C14H17NO2. The van der Waals surface area contributed by atoms with Gasteiger partial charge in [-0.25, -0.2) is 0 Å². The molecule has 1 N–H and O–H groups in total. The number of aromatic nitrogens is 1. The van der Waals surface area contributed by atoms with E-state index in [1.165, 1.54) is 5.56 Å². The van der Waals surface area contributed by atoms with Crippen molar-refractivity contribution in [1.29, 1.82) is 0 Å². The highest BCUT2D eigenvalue weighted by molar-refractivity contribution is 5.87. The Morgan fingerprint density at radius 3 is 2.88 bits per heavy atom. The summed E-state index contributed by atoms with van der Waals surface area (Å²) in [6, 6.07) is 6.30. The molecule has 0 atom stereocenters. The average molecular weight is 231 g/mol. The lowest BCUT2D eigenvalue weighted by molar-refractivity contribution is -0.142. The molecule has 0 unspecified atom stereocenters. The Kier molecular flexibility index (Phi) is 3.47. The first-order valence-electron chi connectivity index (χ1n) is 5.99. The first kappa shape index (κ1) is 11.7. The monoisotopic (exact) mass is 231 g/mol. The molecule has 1 aromatic carbocycles. The maximum atomic E-state index is 11.4. The van der Waals surface area contributed by atoms with Gasteiger partial charge in [0.1, 0.15) is 0 Å². The standard InChI is InChI=1S/C14H17NO2/c1-3-10-5-6-12-11(8-14(16)17-4-2)9-15-13(12)7-10/h5-7,9,15H,3-4,8H2,1-2H3. The third-order valence-electron chi connectivity index (χ3n) is 2.88. The van der Waals surface area contributed by atoms with Gasteiger partial charge in [0.15, 0.2) is 0 Å². The number of hydrogen-bond donors (Lipinski definition) is 1. The molecule has 90 valence electrons. The summed E-state index contributed by atoms with van der Waals surface area (Å²) in [7, 11) is 0. The number of nitrogens with one attached hydrogen (secondary N) is 1. The van der Waals surface area contributed by atoms with E-state index in [-0.39, 0.29) is 5.97 Å². The van der Waals surface area contributed by atoms with Gasteiger partial charge in [-0.3, -0.25) is 4.79 Å². The van der Waals surface area contributed by atoms with Crippen LogP contribution in [-0.4, -0.2) is 17.6 Å². The van der Waals surface area contributed by atoms with Crippen LogP contribution in [0.4, 0.5) is 0 Å². The third kappa shape index (κ3) is 2.49. The quantitative estimate of drug-likeness (QED) is 0.822. The number of H-pyrrole nitrogens is 1. The fraction of sp³-hybridized carbons (Fsp3) is 0.357. The van der Waals surface area contributed by atoms with Gasteiger partial charge in [-0.05, 0) is 30.5 Å². The number of carbonyl (C=O) groups is 1. The third-order valence-corrected chi connectivity index (χ3v) is 2.88. The van der Waals surface area contributed by atoms with Crippen molar-refractivity contribution >= 4 is 16.9 Å². The second-order valence-electron chi connectivity index (χ2n) is 4.03. The van der Waals surface area contributed by atoms with E-state index in [1.807, 2.05) is 13.1 Å². The van der Waals surface area contributed by atoms with Gasteiger partial charge in [-0.2, -0.15) is 0 Å². The molecule has 3 heteroatoms. The van der Waals surface area contributed by atoms with E-state index in [0.29, 0.717) is 13.0 Å². The van der Waals surface area contributed by atoms with Crippen LogP contribution in [0.5, 0.6) is 0 Å². The SMILES string of the molecule is CCOC(=O)Cc1c[nH]c2cc(CC)ccc12. The summed E-state index contributed by atoms with van der Waals surface area (Å²) in [5, 5.41) is 1.11. The van der Waals surface area contributed by atoms with Crippen LogP contribution < -0.4 is 0 Å². The van der Waals surface area contributed by atoms with Crippen molar-refractivity contribution in [2.24, 2.45) is 0 Å². The molecule has 3 nitrogen and oxygen atoms in total. The van der Waals surface area contributed by atoms with Crippen LogP contribution >= 0.6 is 0 Å². The Labute approximate surface area is 101 Å². The highest BCUT2D eigenvalue weighted by Gasteiger charge is 2.09. The highest BCUT2D eigenvalue weighted by atomic mass is 16.5. The summed E-state index contributed by atoms with van der Waals surface area (Å²) in [6.07, 6.45) is 3.24. The fourth-order valence-corrected chi connectivity index (χ4v) is 1.97. The Morgan fingerprint density at radius 1 is 1.35 bits per heavy atom. The number of ether oxygens (including phenoxy) is 1. The van der Waals surface area contributed by atoms with Crippen LogP contribution in [0.25, 0.3) is 10.9 Å². The molecule has 0 aliphatic carbocycles. The molecule has 0 bridgehead atoms. The van der Waals surface area contributed by atoms with E-state index in [1.54, 1.807) is 0 Å². The summed E-state index contributed by atoms with van der Waals surface area (Å²) in [5.74, 6) is -0.173. The lowest BCUT2D eigenvalue weighted by atomic mass is 10.1. The van der Waals surface area contributed by atoms with Crippen molar-refractivity contribution in [3.8, 4) is 0 Å². The first-order chi connectivity index (χ1) is 8.24. The topological polar surface area (TPSA) is 42.1 Å². The Hall–Kier alpha value is -1.77. The van der Waals surface area contributed by atoms with Crippen LogP contribution in [0.2, 0.25) is 0 Å². The molecule has 0 aliphatic rings. The van der Waals surface area contributed by atoms with Gasteiger partial charge in [0.05, 0.1) is 13.0 Å². The summed E-state index contributed by atoms with van der Waals surface area (Å²) >= 11 is 0. The van der Waals surface area contributed by atoms with Crippen LogP contribution in [-0.2, 0) is 22.4 Å². The van der Waals surface area contributed by atoms with Crippen LogP contribution in [0.3, 0.4) is 0 Å². The lowest BCUT2D eigenvalue weighted by Crippen LogP contribution is -2.06. The summed E-state index contributed by atoms with van der Waals surface area (Å²) in [5.41, 5.74) is 3.38. The van der Waals surface area contributed by atoms with Crippen LogP contribution in [0, 0.1) is 0 Å². The minimum atomic E-state index is -0.173. The second kappa shape index (κ2) is 5.04. The summed E-state index contributed by atoms with van der Waals surface area (Å²) < 4.78 is 4.96. The van der Waals surface area contributed by atoms with Gasteiger partial charge in [0.25, 0.3) is 0 Å². The van der Waals surface area contributed by atoms with E-state index in [4.69, 9.17) is 4.74 Å². The number of aromatic amines is 1. The predicted molar refractivity (Wildman–Crippen MR) is 68.0 cm³/mol.